The van der Waals surface area contributed by atoms with E-state index in [1.165, 1.54) is 13.1 Å². The van der Waals surface area contributed by atoms with Gasteiger partial charge in [-0.2, -0.15) is 4.98 Å². The summed E-state index contributed by atoms with van der Waals surface area (Å²) in [5.74, 6) is -0.172. The summed E-state index contributed by atoms with van der Waals surface area (Å²) < 4.78 is 45.8. The molecule has 3 heterocycles. The van der Waals surface area contributed by atoms with Gasteiger partial charge in [-0.15, -0.1) is 11.3 Å². The molecule has 1 unspecified atom stereocenters. The zero-order chi connectivity index (χ0) is 21.0. The monoisotopic (exact) mass is 435 g/mol. The fourth-order valence-corrected chi connectivity index (χ4v) is 5.82. The van der Waals surface area contributed by atoms with E-state index in [0.717, 1.165) is 21.2 Å². The number of aryl methyl sites for hydroxylation is 1. The van der Waals surface area contributed by atoms with Crippen LogP contribution in [0.5, 0.6) is 0 Å². The van der Waals surface area contributed by atoms with Crippen LogP contribution in [-0.4, -0.2) is 41.6 Å². The van der Waals surface area contributed by atoms with Crippen molar-refractivity contribution in [3.63, 3.8) is 0 Å². The standard InChI is InChI=1S/C18H18FN5O3S2/c1-10-21-16(27-23-10)12-6-4-5-11(7-12)14-8-13(19)15(28-14)18(2)9-29(25,26)24(3)17(20)22-18/h4-8H,9H2,1-3H3,(H2,20,22). The molecular formula is C18H18FN5O3S2. The molecule has 29 heavy (non-hydrogen) atoms. The van der Waals surface area contributed by atoms with Gasteiger partial charge in [0.2, 0.25) is 16.0 Å². The third-order valence-electron chi connectivity index (χ3n) is 4.66. The van der Waals surface area contributed by atoms with E-state index in [9.17, 15) is 12.8 Å². The van der Waals surface area contributed by atoms with E-state index < -0.39 is 21.4 Å². The lowest BCUT2D eigenvalue weighted by molar-refractivity contribution is 0.425. The first-order chi connectivity index (χ1) is 13.6. The second-order valence-electron chi connectivity index (χ2n) is 6.98. The summed E-state index contributed by atoms with van der Waals surface area (Å²) in [5.41, 5.74) is 5.92. The number of rotatable bonds is 3. The maximum absolute atomic E-state index is 14.9. The van der Waals surface area contributed by atoms with Crippen LogP contribution in [0.4, 0.5) is 4.39 Å². The van der Waals surface area contributed by atoms with Crippen LogP contribution >= 0.6 is 11.3 Å². The van der Waals surface area contributed by atoms with Crippen molar-refractivity contribution >= 4 is 27.3 Å². The zero-order valence-corrected chi connectivity index (χ0v) is 17.5. The van der Waals surface area contributed by atoms with E-state index in [2.05, 4.69) is 15.1 Å². The molecule has 1 aliphatic heterocycles. The van der Waals surface area contributed by atoms with E-state index in [1.54, 1.807) is 19.9 Å². The van der Waals surface area contributed by atoms with Gasteiger partial charge in [-0.3, -0.25) is 0 Å². The van der Waals surface area contributed by atoms with Gasteiger partial charge in [0.1, 0.15) is 11.4 Å². The number of hydrogen-bond acceptors (Lipinski definition) is 8. The molecule has 0 spiro atoms. The number of benzene rings is 1. The Kier molecular flexibility index (Phi) is 4.46. The van der Waals surface area contributed by atoms with Crippen molar-refractivity contribution < 1.29 is 17.3 Å². The molecule has 0 fully saturated rings. The van der Waals surface area contributed by atoms with Crippen molar-refractivity contribution in [2.45, 2.75) is 19.4 Å². The van der Waals surface area contributed by atoms with E-state index >= 15 is 0 Å². The molecule has 152 valence electrons. The molecule has 1 atom stereocenters. The fourth-order valence-electron chi connectivity index (χ4n) is 3.16. The topological polar surface area (TPSA) is 115 Å². The Morgan fingerprint density at radius 3 is 2.69 bits per heavy atom. The van der Waals surface area contributed by atoms with Gasteiger partial charge < -0.3 is 10.3 Å². The maximum atomic E-state index is 14.9. The fraction of sp³-hybridized carbons (Fsp3) is 0.278. The van der Waals surface area contributed by atoms with Gasteiger partial charge in [0.25, 0.3) is 5.89 Å². The van der Waals surface area contributed by atoms with Crippen LogP contribution in [0.1, 0.15) is 17.6 Å². The van der Waals surface area contributed by atoms with Crippen LogP contribution < -0.4 is 5.73 Å². The maximum Gasteiger partial charge on any atom is 0.257 e. The van der Waals surface area contributed by atoms with Crippen molar-refractivity contribution in [1.82, 2.24) is 14.4 Å². The van der Waals surface area contributed by atoms with Gasteiger partial charge >= 0.3 is 0 Å². The minimum absolute atomic E-state index is 0.165. The summed E-state index contributed by atoms with van der Waals surface area (Å²) in [5, 5.41) is 3.78. The molecule has 1 aromatic carbocycles. The molecule has 0 radical (unpaired) electrons. The molecule has 2 aromatic heterocycles. The molecule has 0 aliphatic carbocycles. The second kappa shape index (κ2) is 6.63. The predicted octanol–water partition coefficient (Wildman–Crippen LogP) is 2.72. The number of hydrogen-bond donors (Lipinski definition) is 1. The number of nitrogens with two attached hydrogens (primary N) is 1. The summed E-state index contributed by atoms with van der Waals surface area (Å²) in [6.45, 7) is 3.29. The Morgan fingerprint density at radius 1 is 1.31 bits per heavy atom. The lowest BCUT2D eigenvalue weighted by Gasteiger charge is -2.33. The predicted molar refractivity (Wildman–Crippen MR) is 108 cm³/mol. The number of aliphatic imine (C=N–C) groups is 1. The first kappa shape index (κ1) is 19.5. The van der Waals surface area contributed by atoms with Crippen molar-refractivity contribution in [3.05, 3.63) is 46.9 Å². The first-order valence-corrected chi connectivity index (χ1v) is 11.0. The third-order valence-corrected chi connectivity index (χ3v) is 8.02. The summed E-state index contributed by atoms with van der Waals surface area (Å²) >= 11 is 1.14. The number of guanidine groups is 1. The van der Waals surface area contributed by atoms with Crippen molar-refractivity contribution in [2.75, 3.05) is 12.8 Å². The molecule has 0 bridgehead atoms. The van der Waals surface area contributed by atoms with Crippen LogP contribution in [0.2, 0.25) is 0 Å². The molecule has 0 saturated heterocycles. The number of halogens is 1. The highest BCUT2D eigenvalue weighted by molar-refractivity contribution is 7.89. The summed E-state index contributed by atoms with van der Waals surface area (Å²) in [4.78, 5) is 9.32. The molecule has 3 aromatic rings. The lowest BCUT2D eigenvalue weighted by atomic mass is 10.0. The average molecular weight is 436 g/mol. The highest BCUT2D eigenvalue weighted by Crippen LogP contribution is 2.41. The lowest BCUT2D eigenvalue weighted by Crippen LogP contribution is -2.50. The van der Waals surface area contributed by atoms with Crippen molar-refractivity contribution in [2.24, 2.45) is 10.7 Å². The van der Waals surface area contributed by atoms with E-state index in [4.69, 9.17) is 10.3 Å². The van der Waals surface area contributed by atoms with Crippen LogP contribution in [0.25, 0.3) is 21.9 Å². The third kappa shape index (κ3) is 3.40. The first-order valence-electron chi connectivity index (χ1n) is 8.62. The average Bonchev–Trinajstić information content (AvgIpc) is 3.26. The molecule has 11 heteroatoms. The van der Waals surface area contributed by atoms with Crippen molar-refractivity contribution in [3.8, 4) is 21.9 Å². The van der Waals surface area contributed by atoms with Crippen molar-refractivity contribution in [1.29, 1.82) is 0 Å². The van der Waals surface area contributed by atoms with Gasteiger partial charge in [-0.1, -0.05) is 17.3 Å². The van der Waals surface area contributed by atoms with Gasteiger partial charge in [0.05, 0.1) is 10.6 Å². The Bertz CT molecular complexity index is 1230. The van der Waals surface area contributed by atoms with Gasteiger partial charge in [0.15, 0.2) is 5.82 Å². The minimum atomic E-state index is -3.69. The number of nitrogens with zero attached hydrogens (tertiary/aromatic N) is 4. The van der Waals surface area contributed by atoms with Gasteiger partial charge in [-0.05, 0) is 37.6 Å². The molecule has 2 N–H and O–H groups in total. The minimum Gasteiger partial charge on any atom is -0.369 e. The molecule has 8 nitrogen and oxygen atoms in total. The number of aromatic nitrogens is 2. The SMILES string of the molecule is Cc1noc(-c2cccc(-c3cc(F)c(C4(C)CS(=O)(=O)N(C)C(N)=N4)s3)c2)n1. The molecular weight excluding hydrogens is 417 g/mol. The quantitative estimate of drug-likeness (QED) is 0.676. The molecule has 0 saturated carbocycles. The zero-order valence-electron chi connectivity index (χ0n) is 15.9. The summed E-state index contributed by atoms with van der Waals surface area (Å²) in [6, 6.07) is 8.64. The van der Waals surface area contributed by atoms with Gasteiger partial charge in [-0.25, -0.2) is 22.1 Å². The summed E-state index contributed by atoms with van der Waals surface area (Å²) in [6.07, 6.45) is 0. The Labute approximate surface area is 170 Å². The Hall–Kier alpha value is -2.79. The van der Waals surface area contributed by atoms with Crippen LogP contribution in [0.3, 0.4) is 0 Å². The molecule has 4 rings (SSSR count). The number of sulfonamides is 1. The van der Waals surface area contributed by atoms with E-state index in [-0.39, 0.29) is 16.6 Å². The highest BCUT2D eigenvalue weighted by Gasteiger charge is 2.43. The largest absolute Gasteiger partial charge is 0.369 e. The summed E-state index contributed by atoms with van der Waals surface area (Å²) in [7, 11) is -2.36. The second-order valence-corrected chi connectivity index (χ2v) is 10.0. The van der Waals surface area contributed by atoms with Crippen LogP contribution in [0, 0.1) is 12.7 Å². The number of thiophene rings is 1. The van der Waals surface area contributed by atoms with Crippen LogP contribution in [0.15, 0.2) is 39.8 Å². The Balaban J connectivity index is 1.76. The Morgan fingerprint density at radius 2 is 2.03 bits per heavy atom. The van der Waals surface area contributed by atoms with E-state index in [0.29, 0.717) is 22.2 Å². The van der Waals surface area contributed by atoms with Gasteiger partial charge in [0, 0.05) is 17.5 Å². The molecule has 0 amide bonds. The smallest absolute Gasteiger partial charge is 0.257 e. The van der Waals surface area contributed by atoms with Crippen LogP contribution in [-0.2, 0) is 15.6 Å². The normalized spacial score (nSPS) is 21.2. The molecule has 1 aliphatic rings. The highest BCUT2D eigenvalue weighted by atomic mass is 32.2. The van der Waals surface area contributed by atoms with E-state index in [1.807, 2.05) is 18.2 Å².